The molecule has 0 aliphatic carbocycles. The minimum absolute atomic E-state index is 0.0778. The molecular formula is C16H13F3O2. The highest BCUT2D eigenvalue weighted by atomic mass is 19.4. The quantitative estimate of drug-likeness (QED) is 0.778. The fourth-order valence-corrected chi connectivity index (χ4v) is 1.86. The Labute approximate surface area is 120 Å². The Morgan fingerprint density at radius 1 is 1.00 bits per heavy atom. The van der Waals surface area contributed by atoms with E-state index in [0.717, 1.165) is 17.7 Å². The number of benzene rings is 2. The molecule has 110 valence electrons. The van der Waals surface area contributed by atoms with Crippen LogP contribution >= 0.6 is 0 Å². The maximum atomic E-state index is 12.8. The zero-order valence-electron chi connectivity index (χ0n) is 11.1. The first-order valence-electron chi connectivity index (χ1n) is 6.30. The van der Waals surface area contributed by atoms with Gasteiger partial charge >= 0.3 is 6.18 Å². The second-order valence-corrected chi connectivity index (χ2v) is 4.51. The number of aldehydes is 1. The van der Waals surface area contributed by atoms with E-state index in [2.05, 4.69) is 0 Å². The first kappa shape index (κ1) is 15.1. The summed E-state index contributed by atoms with van der Waals surface area (Å²) in [5, 5.41) is 0. The van der Waals surface area contributed by atoms with Gasteiger partial charge in [-0.15, -0.1) is 0 Å². The number of halogens is 3. The van der Waals surface area contributed by atoms with Crippen molar-refractivity contribution in [2.75, 3.05) is 0 Å². The third kappa shape index (κ3) is 4.34. The molecule has 0 radical (unpaired) electrons. The molecule has 0 aromatic heterocycles. The summed E-state index contributed by atoms with van der Waals surface area (Å²) >= 11 is 0. The summed E-state index contributed by atoms with van der Waals surface area (Å²) in [6.07, 6.45) is -3.98. The van der Waals surface area contributed by atoms with Crippen LogP contribution in [0.15, 0.2) is 48.5 Å². The molecule has 0 N–H and O–H groups in total. The van der Waals surface area contributed by atoms with Crippen LogP contribution in [0, 0.1) is 0 Å². The third-order valence-electron chi connectivity index (χ3n) is 2.86. The molecule has 0 saturated carbocycles. The molecule has 0 heterocycles. The van der Waals surface area contributed by atoms with Crippen LogP contribution < -0.4 is 4.74 Å². The number of hydrogen-bond acceptors (Lipinski definition) is 2. The number of rotatable bonds is 5. The van der Waals surface area contributed by atoms with Crippen molar-refractivity contribution in [1.29, 1.82) is 0 Å². The van der Waals surface area contributed by atoms with E-state index in [1.807, 2.05) is 30.3 Å². The van der Waals surface area contributed by atoms with Gasteiger partial charge in [0, 0.05) is 6.42 Å². The molecule has 0 amide bonds. The van der Waals surface area contributed by atoms with E-state index in [1.165, 1.54) is 6.07 Å². The molecular weight excluding hydrogens is 281 g/mol. The van der Waals surface area contributed by atoms with Crippen molar-refractivity contribution in [2.24, 2.45) is 0 Å². The van der Waals surface area contributed by atoms with E-state index in [9.17, 15) is 18.0 Å². The summed E-state index contributed by atoms with van der Waals surface area (Å²) < 4.78 is 43.8. The third-order valence-corrected chi connectivity index (χ3v) is 2.86. The van der Waals surface area contributed by atoms with Crippen molar-refractivity contribution >= 4 is 6.29 Å². The monoisotopic (exact) mass is 294 g/mol. The molecule has 2 aromatic rings. The van der Waals surface area contributed by atoms with Gasteiger partial charge < -0.3 is 9.53 Å². The van der Waals surface area contributed by atoms with Gasteiger partial charge in [-0.2, -0.15) is 13.2 Å². The Morgan fingerprint density at radius 2 is 1.71 bits per heavy atom. The Bertz CT molecular complexity index is 607. The van der Waals surface area contributed by atoms with E-state index in [1.54, 1.807) is 0 Å². The van der Waals surface area contributed by atoms with Crippen LogP contribution in [-0.4, -0.2) is 6.29 Å². The first-order valence-corrected chi connectivity index (χ1v) is 6.30. The van der Waals surface area contributed by atoms with Gasteiger partial charge in [0.2, 0.25) is 0 Å². The van der Waals surface area contributed by atoms with Gasteiger partial charge in [0.05, 0.1) is 5.56 Å². The summed E-state index contributed by atoms with van der Waals surface area (Å²) in [5.74, 6) is 0.102. The number of hydrogen-bond donors (Lipinski definition) is 0. The highest BCUT2D eigenvalue weighted by Crippen LogP contribution is 2.33. The second-order valence-electron chi connectivity index (χ2n) is 4.51. The average Bonchev–Trinajstić information content (AvgIpc) is 2.45. The van der Waals surface area contributed by atoms with Gasteiger partial charge in [-0.05, 0) is 29.3 Å². The Morgan fingerprint density at radius 3 is 2.33 bits per heavy atom. The molecule has 0 bridgehead atoms. The Hall–Kier alpha value is -2.30. The highest BCUT2D eigenvalue weighted by Gasteiger charge is 2.31. The van der Waals surface area contributed by atoms with E-state index < -0.39 is 11.7 Å². The molecule has 0 saturated heterocycles. The van der Waals surface area contributed by atoms with E-state index in [0.29, 0.717) is 6.29 Å². The molecule has 2 aromatic carbocycles. The summed E-state index contributed by atoms with van der Waals surface area (Å²) in [4.78, 5) is 10.5. The summed E-state index contributed by atoms with van der Waals surface area (Å²) in [7, 11) is 0. The molecule has 0 fully saturated rings. The van der Waals surface area contributed by atoms with Crippen molar-refractivity contribution < 1.29 is 22.7 Å². The predicted molar refractivity (Wildman–Crippen MR) is 72.0 cm³/mol. The minimum Gasteiger partial charge on any atom is -0.489 e. The van der Waals surface area contributed by atoms with Gasteiger partial charge in [-0.1, -0.05) is 30.3 Å². The lowest BCUT2D eigenvalue weighted by molar-refractivity contribution is -0.137. The zero-order valence-corrected chi connectivity index (χ0v) is 11.1. The maximum Gasteiger partial charge on any atom is 0.416 e. The minimum atomic E-state index is -4.47. The van der Waals surface area contributed by atoms with Crippen LogP contribution in [0.3, 0.4) is 0 Å². The molecule has 0 spiro atoms. The Kier molecular flexibility index (Phi) is 4.62. The van der Waals surface area contributed by atoms with Gasteiger partial charge in [-0.25, -0.2) is 0 Å². The lowest BCUT2D eigenvalue weighted by Gasteiger charge is -2.12. The number of ether oxygens (including phenoxy) is 1. The molecule has 2 rings (SSSR count). The number of carbonyl (C=O) groups is 1. The standard InChI is InChI=1S/C16H13F3O2/c17-16(18,19)14-8-13(6-7-20)9-15(10-14)21-11-12-4-2-1-3-5-12/h1-5,7-10H,6,11H2. The molecule has 2 nitrogen and oxygen atoms in total. The number of alkyl halides is 3. The van der Waals surface area contributed by atoms with E-state index in [4.69, 9.17) is 4.74 Å². The maximum absolute atomic E-state index is 12.8. The van der Waals surface area contributed by atoms with Gasteiger partial charge in [0.1, 0.15) is 18.6 Å². The summed E-state index contributed by atoms with van der Waals surface area (Å²) in [6, 6.07) is 12.5. The first-order chi connectivity index (χ1) is 9.99. The van der Waals surface area contributed by atoms with E-state index >= 15 is 0 Å². The summed E-state index contributed by atoms with van der Waals surface area (Å²) in [5.41, 5.74) is 0.319. The van der Waals surface area contributed by atoms with Crippen LogP contribution in [0.4, 0.5) is 13.2 Å². The average molecular weight is 294 g/mol. The zero-order chi connectivity index (χ0) is 15.3. The molecule has 0 aliphatic heterocycles. The largest absolute Gasteiger partial charge is 0.489 e. The van der Waals surface area contributed by atoms with Crippen LogP contribution in [0.25, 0.3) is 0 Å². The molecule has 5 heteroatoms. The lowest BCUT2D eigenvalue weighted by Crippen LogP contribution is -2.07. The molecule has 0 unspecified atom stereocenters. The van der Waals surface area contributed by atoms with Crippen LogP contribution in [0.5, 0.6) is 5.75 Å². The fourth-order valence-electron chi connectivity index (χ4n) is 1.86. The Balaban J connectivity index is 2.21. The van der Waals surface area contributed by atoms with Gasteiger partial charge in [-0.3, -0.25) is 0 Å². The lowest BCUT2D eigenvalue weighted by atomic mass is 10.1. The SMILES string of the molecule is O=CCc1cc(OCc2ccccc2)cc(C(F)(F)F)c1. The van der Waals surface area contributed by atoms with E-state index in [-0.39, 0.29) is 24.3 Å². The van der Waals surface area contributed by atoms with Crippen molar-refractivity contribution in [2.45, 2.75) is 19.2 Å². The highest BCUT2D eigenvalue weighted by molar-refractivity contribution is 5.56. The van der Waals surface area contributed by atoms with Crippen molar-refractivity contribution in [3.05, 3.63) is 65.2 Å². The van der Waals surface area contributed by atoms with Crippen molar-refractivity contribution in [3.63, 3.8) is 0 Å². The second kappa shape index (κ2) is 6.43. The van der Waals surface area contributed by atoms with Crippen LogP contribution in [0.1, 0.15) is 16.7 Å². The molecule has 21 heavy (non-hydrogen) atoms. The predicted octanol–water partition coefficient (Wildman–Crippen LogP) is 4.03. The van der Waals surface area contributed by atoms with Gasteiger partial charge in [0.25, 0.3) is 0 Å². The normalized spacial score (nSPS) is 11.2. The fraction of sp³-hybridized carbons (Fsp3) is 0.188. The topological polar surface area (TPSA) is 26.3 Å². The smallest absolute Gasteiger partial charge is 0.416 e. The number of carbonyl (C=O) groups excluding carboxylic acids is 1. The molecule has 0 aliphatic rings. The molecule has 0 atom stereocenters. The summed E-state index contributed by atoms with van der Waals surface area (Å²) in [6.45, 7) is 0.169. The van der Waals surface area contributed by atoms with Gasteiger partial charge in [0.15, 0.2) is 0 Å². The van der Waals surface area contributed by atoms with Crippen LogP contribution in [-0.2, 0) is 24.0 Å². The van der Waals surface area contributed by atoms with Crippen molar-refractivity contribution in [1.82, 2.24) is 0 Å². The van der Waals surface area contributed by atoms with Crippen LogP contribution in [0.2, 0.25) is 0 Å². The van der Waals surface area contributed by atoms with Crippen molar-refractivity contribution in [3.8, 4) is 5.75 Å².